The Bertz CT molecular complexity index is 968. The van der Waals surface area contributed by atoms with E-state index < -0.39 is 4.92 Å². The largest absolute Gasteiger partial charge is 0.370 e. The van der Waals surface area contributed by atoms with E-state index in [0.29, 0.717) is 11.2 Å². The number of nitro groups is 1. The normalized spacial score (nSPS) is 10.9. The fourth-order valence-corrected chi connectivity index (χ4v) is 3.20. The third-order valence-corrected chi connectivity index (χ3v) is 5.08. The number of hydrogen-bond donors (Lipinski definition) is 1. The van der Waals surface area contributed by atoms with Gasteiger partial charge in [0.05, 0.1) is 10.6 Å². The summed E-state index contributed by atoms with van der Waals surface area (Å²) in [4.78, 5) is 13.3. The lowest BCUT2D eigenvalue weighted by Crippen LogP contribution is -2.22. The molecule has 8 nitrogen and oxygen atoms in total. The first kappa shape index (κ1) is 18.1. The number of aromatic nitrogens is 2. The van der Waals surface area contributed by atoms with Gasteiger partial charge in [0.2, 0.25) is 5.52 Å². The van der Waals surface area contributed by atoms with Gasteiger partial charge in [0.15, 0.2) is 5.52 Å². The van der Waals surface area contributed by atoms with Crippen LogP contribution in [-0.4, -0.2) is 28.3 Å². The fraction of sp³-hybridized carbons (Fsp3) is 0.294. The first-order valence-electron chi connectivity index (χ1n) is 8.18. The number of anilines is 3. The van der Waals surface area contributed by atoms with Gasteiger partial charge in [-0.15, -0.1) is 0 Å². The van der Waals surface area contributed by atoms with Crippen molar-refractivity contribution in [3.8, 4) is 0 Å². The lowest BCUT2D eigenvalue weighted by Gasteiger charge is -2.22. The van der Waals surface area contributed by atoms with Crippen LogP contribution >= 0.6 is 15.9 Å². The number of aryl methyl sites for hydroxylation is 1. The predicted octanol–water partition coefficient (Wildman–Crippen LogP) is 4.79. The predicted molar refractivity (Wildman–Crippen MR) is 104 cm³/mol. The van der Waals surface area contributed by atoms with Crippen molar-refractivity contribution in [3.63, 3.8) is 0 Å². The second kappa shape index (κ2) is 7.28. The Balaban J connectivity index is 2.20. The van der Waals surface area contributed by atoms with Crippen molar-refractivity contribution in [1.82, 2.24) is 10.3 Å². The summed E-state index contributed by atoms with van der Waals surface area (Å²) < 4.78 is 5.72. The molecule has 0 saturated heterocycles. The molecule has 0 aliphatic rings. The molecular weight excluding hydrogens is 402 g/mol. The van der Waals surface area contributed by atoms with E-state index in [4.69, 9.17) is 4.63 Å². The van der Waals surface area contributed by atoms with E-state index in [9.17, 15) is 10.1 Å². The lowest BCUT2D eigenvalue weighted by atomic mass is 10.1. The van der Waals surface area contributed by atoms with E-state index in [-0.39, 0.29) is 11.2 Å². The van der Waals surface area contributed by atoms with Gasteiger partial charge in [-0.05, 0) is 54.8 Å². The van der Waals surface area contributed by atoms with Crippen LogP contribution in [-0.2, 0) is 0 Å². The van der Waals surface area contributed by atoms with Crippen molar-refractivity contribution in [3.05, 3.63) is 44.4 Å². The molecule has 0 atom stereocenters. The Morgan fingerprint density at radius 2 is 1.92 bits per heavy atom. The molecule has 2 aromatic carbocycles. The minimum atomic E-state index is -0.468. The molecule has 136 valence electrons. The van der Waals surface area contributed by atoms with Gasteiger partial charge < -0.3 is 10.2 Å². The number of rotatable bonds is 6. The van der Waals surface area contributed by atoms with Crippen LogP contribution in [0.1, 0.15) is 19.4 Å². The molecule has 0 aliphatic heterocycles. The summed E-state index contributed by atoms with van der Waals surface area (Å²) in [5, 5.41) is 22.5. The van der Waals surface area contributed by atoms with E-state index in [0.717, 1.165) is 34.5 Å². The first-order chi connectivity index (χ1) is 12.5. The number of nitrogens with one attached hydrogen (secondary N) is 1. The van der Waals surface area contributed by atoms with E-state index >= 15 is 0 Å². The number of halogens is 1. The topological polar surface area (TPSA) is 97.3 Å². The van der Waals surface area contributed by atoms with Gasteiger partial charge in [0.25, 0.3) is 0 Å². The van der Waals surface area contributed by atoms with Gasteiger partial charge in [-0.2, -0.15) is 0 Å². The van der Waals surface area contributed by atoms with Crippen molar-refractivity contribution in [2.24, 2.45) is 0 Å². The maximum Gasteiger partial charge on any atom is 0.324 e. The van der Waals surface area contributed by atoms with Gasteiger partial charge in [-0.25, -0.2) is 4.63 Å². The molecule has 1 heterocycles. The van der Waals surface area contributed by atoms with Crippen molar-refractivity contribution in [2.45, 2.75) is 20.8 Å². The van der Waals surface area contributed by atoms with Crippen LogP contribution in [0.3, 0.4) is 0 Å². The summed E-state index contributed by atoms with van der Waals surface area (Å²) >= 11 is 3.48. The fourth-order valence-electron chi connectivity index (χ4n) is 2.82. The van der Waals surface area contributed by atoms with Crippen molar-refractivity contribution >= 4 is 49.7 Å². The molecule has 26 heavy (non-hydrogen) atoms. The van der Waals surface area contributed by atoms with Gasteiger partial charge in [-0.1, -0.05) is 22.0 Å². The van der Waals surface area contributed by atoms with Gasteiger partial charge in [-0.3, -0.25) is 10.1 Å². The molecule has 0 radical (unpaired) electrons. The molecule has 0 fully saturated rings. The summed E-state index contributed by atoms with van der Waals surface area (Å²) in [7, 11) is 0. The SMILES string of the molecule is CCN(CC)c1cc(Nc2ccc(C)c(Br)c2)c([N+](=O)[O-])c2nonc12. The molecule has 0 amide bonds. The van der Waals surface area contributed by atoms with E-state index in [2.05, 4.69) is 31.6 Å². The van der Waals surface area contributed by atoms with Crippen LogP contribution < -0.4 is 10.2 Å². The Labute approximate surface area is 158 Å². The van der Waals surface area contributed by atoms with Crippen LogP contribution in [0.15, 0.2) is 33.4 Å². The average Bonchev–Trinajstić information content (AvgIpc) is 3.08. The minimum absolute atomic E-state index is 0.132. The maximum atomic E-state index is 11.7. The molecule has 0 aliphatic carbocycles. The molecule has 1 N–H and O–H groups in total. The lowest BCUT2D eigenvalue weighted by molar-refractivity contribution is -0.382. The molecule has 9 heteroatoms. The van der Waals surface area contributed by atoms with Crippen molar-refractivity contribution in [1.29, 1.82) is 0 Å². The summed E-state index contributed by atoms with van der Waals surface area (Å²) in [6.45, 7) is 7.45. The zero-order chi connectivity index (χ0) is 18.8. The van der Waals surface area contributed by atoms with Crippen LogP contribution in [0.25, 0.3) is 11.0 Å². The second-order valence-electron chi connectivity index (χ2n) is 5.77. The van der Waals surface area contributed by atoms with Crippen molar-refractivity contribution in [2.75, 3.05) is 23.3 Å². The van der Waals surface area contributed by atoms with Crippen LogP contribution in [0, 0.1) is 17.0 Å². The number of benzene rings is 2. The summed E-state index contributed by atoms with van der Waals surface area (Å²) in [6, 6.07) is 7.40. The standard InChI is InChI=1S/C17H18BrN5O3/c1-4-22(5-2)14-9-13(19-11-7-6-10(3)12(18)8-11)17(23(24)25)16-15(14)20-26-21-16/h6-9,19H,4-5H2,1-3H3. The number of nitrogens with zero attached hydrogens (tertiary/aromatic N) is 4. The van der Waals surface area contributed by atoms with E-state index in [1.54, 1.807) is 6.07 Å². The highest BCUT2D eigenvalue weighted by Crippen LogP contribution is 2.40. The molecule has 3 aromatic rings. The van der Waals surface area contributed by atoms with Crippen LogP contribution in [0.5, 0.6) is 0 Å². The number of hydrogen-bond acceptors (Lipinski definition) is 7. The Morgan fingerprint density at radius 1 is 1.23 bits per heavy atom. The zero-order valence-corrected chi connectivity index (χ0v) is 16.2. The monoisotopic (exact) mass is 419 g/mol. The molecule has 0 spiro atoms. The third-order valence-electron chi connectivity index (χ3n) is 4.23. The highest BCUT2D eigenvalue weighted by molar-refractivity contribution is 9.10. The Kier molecular flexibility index (Phi) is 5.08. The molecule has 1 aromatic heterocycles. The highest BCUT2D eigenvalue weighted by Gasteiger charge is 2.27. The van der Waals surface area contributed by atoms with E-state index in [1.807, 2.05) is 43.9 Å². The summed E-state index contributed by atoms with van der Waals surface area (Å²) in [6.07, 6.45) is 0. The number of nitro benzene ring substituents is 1. The minimum Gasteiger partial charge on any atom is -0.370 e. The first-order valence-corrected chi connectivity index (χ1v) is 8.97. The van der Waals surface area contributed by atoms with Gasteiger partial charge >= 0.3 is 5.69 Å². The molecule has 0 saturated carbocycles. The van der Waals surface area contributed by atoms with Gasteiger partial charge in [0, 0.05) is 23.2 Å². The van der Waals surface area contributed by atoms with Crippen LogP contribution in [0.2, 0.25) is 0 Å². The molecule has 0 unspecified atom stereocenters. The second-order valence-corrected chi connectivity index (χ2v) is 6.63. The summed E-state index contributed by atoms with van der Waals surface area (Å²) in [5.41, 5.74) is 3.25. The van der Waals surface area contributed by atoms with Crippen molar-refractivity contribution < 1.29 is 9.55 Å². The maximum absolute atomic E-state index is 11.7. The third kappa shape index (κ3) is 3.22. The Hall–Kier alpha value is -2.68. The Morgan fingerprint density at radius 3 is 2.54 bits per heavy atom. The molecular formula is C17H18BrN5O3. The number of fused-ring (bicyclic) bond motifs is 1. The van der Waals surface area contributed by atoms with Gasteiger partial charge in [0.1, 0.15) is 5.69 Å². The molecule has 0 bridgehead atoms. The molecule has 3 rings (SSSR count). The highest BCUT2D eigenvalue weighted by atomic mass is 79.9. The van der Waals surface area contributed by atoms with Crippen LogP contribution in [0.4, 0.5) is 22.7 Å². The summed E-state index contributed by atoms with van der Waals surface area (Å²) in [5.74, 6) is 0. The quantitative estimate of drug-likeness (QED) is 0.452. The average molecular weight is 420 g/mol. The smallest absolute Gasteiger partial charge is 0.324 e. The van der Waals surface area contributed by atoms with E-state index in [1.165, 1.54) is 0 Å². The zero-order valence-electron chi connectivity index (χ0n) is 14.6.